The molecule has 1 amide bonds. The second kappa shape index (κ2) is 11.5. The highest BCUT2D eigenvalue weighted by Gasteiger charge is 2.23. The van der Waals surface area contributed by atoms with Crippen molar-refractivity contribution in [2.75, 3.05) is 53.3 Å². The summed E-state index contributed by atoms with van der Waals surface area (Å²) in [4.78, 5) is 16.9. The lowest BCUT2D eigenvalue weighted by Crippen LogP contribution is -2.48. The fraction of sp³-hybridized carbons (Fsp3) is 0.435. The Morgan fingerprint density at radius 1 is 1.00 bits per heavy atom. The normalized spacial score (nSPS) is 14.4. The van der Waals surface area contributed by atoms with Gasteiger partial charge in [0.1, 0.15) is 0 Å². The molecule has 0 bridgehead atoms. The molecule has 1 aliphatic rings. The average Bonchev–Trinajstić information content (AvgIpc) is 2.79. The van der Waals surface area contributed by atoms with Crippen LogP contribution < -0.4 is 14.2 Å². The number of piperazine rings is 1. The van der Waals surface area contributed by atoms with Gasteiger partial charge in [-0.25, -0.2) is 0 Å². The summed E-state index contributed by atoms with van der Waals surface area (Å²) in [5, 5.41) is 0.728. The van der Waals surface area contributed by atoms with Crippen LogP contribution in [0.3, 0.4) is 0 Å². The largest absolute Gasteiger partial charge is 0.493 e. The molecule has 0 spiro atoms. The highest BCUT2D eigenvalue weighted by Crippen LogP contribution is 2.40. The predicted molar refractivity (Wildman–Crippen MR) is 126 cm³/mol. The summed E-state index contributed by atoms with van der Waals surface area (Å²) in [5.41, 5.74) is 2.18. The van der Waals surface area contributed by atoms with E-state index in [0.29, 0.717) is 23.0 Å². The number of amides is 1. The van der Waals surface area contributed by atoms with Crippen LogP contribution in [-0.4, -0.2) is 69.0 Å². The van der Waals surface area contributed by atoms with E-state index in [9.17, 15) is 4.79 Å². The van der Waals surface area contributed by atoms with Crippen LogP contribution in [0.1, 0.15) is 11.1 Å². The number of hydrogen-bond donors (Lipinski definition) is 0. The summed E-state index contributed by atoms with van der Waals surface area (Å²) in [7, 11) is 4.86. The lowest BCUT2D eigenvalue weighted by molar-refractivity contribution is -0.130. The van der Waals surface area contributed by atoms with Gasteiger partial charge in [0.05, 0.1) is 27.1 Å². The van der Waals surface area contributed by atoms with Crippen LogP contribution in [0.5, 0.6) is 17.2 Å². The number of carbonyl (C=O) groups excluding carboxylic acids is 1. The first kappa shape index (κ1) is 23.6. The summed E-state index contributed by atoms with van der Waals surface area (Å²) in [5.74, 6) is 3.40. The van der Waals surface area contributed by atoms with Gasteiger partial charge in [-0.2, -0.15) is 0 Å². The zero-order chi connectivity index (χ0) is 22.2. The van der Waals surface area contributed by atoms with Crippen LogP contribution in [0.2, 0.25) is 5.02 Å². The number of carbonyl (C=O) groups is 1. The maximum Gasteiger partial charge on any atom is 0.232 e. The Hall–Kier alpha value is -2.09. The molecule has 1 heterocycles. The molecular formula is C23H29ClN2O4S. The van der Waals surface area contributed by atoms with Crippen molar-refractivity contribution in [2.24, 2.45) is 0 Å². The third kappa shape index (κ3) is 6.21. The number of benzene rings is 2. The van der Waals surface area contributed by atoms with Gasteiger partial charge in [-0.1, -0.05) is 29.8 Å². The minimum atomic E-state index is 0.190. The molecule has 1 aliphatic heterocycles. The van der Waals surface area contributed by atoms with Crippen molar-refractivity contribution in [1.82, 2.24) is 9.80 Å². The summed E-state index contributed by atoms with van der Waals surface area (Å²) in [6.07, 6.45) is 0. The van der Waals surface area contributed by atoms with Crippen molar-refractivity contribution in [2.45, 2.75) is 12.3 Å². The summed E-state index contributed by atoms with van der Waals surface area (Å²) in [6.45, 7) is 3.83. The highest BCUT2D eigenvalue weighted by molar-refractivity contribution is 7.99. The molecule has 0 saturated carbocycles. The van der Waals surface area contributed by atoms with E-state index < -0.39 is 0 Å². The second-order valence-corrected chi connectivity index (χ2v) is 8.70. The van der Waals surface area contributed by atoms with Crippen molar-refractivity contribution >= 4 is 29.3 Å². The van der Waals surface area contributed by atoms with Gasteiger partial charge in [-0.15, -0.1) is 11.8 Å². The summed E-state index contributed by atoms with van der Waals surface area (Å²) < 4.78 is 16.4. The first-order valence-electron chi connectivity index (χ1n) is 10.2. The van der Waals surface area contributed by atoms with E-state index in [1.165, 1.54) is 0 Å². The monoisotopic (exact) mass is 464 g/mol. The quantitative estimate of drug-likeness (QED) is 0.560. The van der Waals surface area contributed by atoms with Crippen molar-refractivity contribution in [3.05, 3.63) is 52.5 Å². The van der Waals surface area contributed by atoms with Crippen molar-refractivity contribution in [1.29, 1.82) is 0 Å². The van der Waals surface area contributed by atoms with Gasteiger partial charge >= 0.3 is 0 Å². The molecular weight excluding hydrogens is 436 g/mol. The molecule has 0 aromatic heterocycles. The Kier molecular flexibility index (Phi) is 8.75. The lowest BCUT2D eigenvalue weighted by Gasteiger charge is -2.35. The van der Waals surface area contributed by atoms with Gasteiger partial charge in [0.25, 0.3) is 0 Å². The molecule has 1 saturated heterocycles. The van der Waals surface area contributed by atoms with Crippen molar-refractivity contribution < 1.29 is 19.0 Å². The van der Waals surface area contributed by atoms with Gasteiger partial charge in [0.15, 0.2) is 11.5 Å². The summed E-state index contributed by atoms with van der Waals surface area (Å²) >= 11 is 7.65. The Morgan fingerprint density at radius 3 is 2.39 bits per heavy atom. The van der Waals surface area contributed by atoms with E-state index in [4.69, 9.17) is 25.8 Å². The number of rotatable bonds is 9. The van der Waals surface area contributed by atoms with Crippen molar-refractivity contribution in [3.63, 3.8) is 0 Å². The smallest absolute Gasteiger partial charge is 0.232 e. The SMILES string of the molecule is COc1ccc(CN2CCN(C(=O)CSCc3cccc(Cl)c3)CC2)c(OC)c1OC. The van der Waals surface area contributed by atoms with Gasteiger partial charge in [0, 0.05) is 49.1 Å². The zero-order valence-electron chi connectivity index (χ0n) is 18.2. The van der Waals surface area contributed by atoms with E-state index in [-0.39, 0.29) is 5.91 Å². The topological polar surface area (TPSA) is 51.2 Å². The highest BCUT2D eigenvalue weighted by atomic mass is 35.5. The summed E-state index contributed by atoms with van der Waals surface area (Å²) in [6, 6.07) is 11.7. The van der Waals surface area contributed by atoms with E-state index in [1.807, 2.05) is 41.3 Å². The van der Waals surface area contributed by atoms with Crippen LogP contribution in [0.4, 0.5) is 0 Å². The molecule has 0 unspecified atom stereocenters. The lowest BCUT2D eigenvalue weighted by atomic mass is 10.1. The number of methoxy groups -OCH3 is 3. The molecule has 0 aliphatic carbocycles. The Bertz CT molecular complexity index is 888. The van der Waals surface area contributed by atoms with Crippen LogP contribution in [0, 0.1) is 0 Å². The number of ether oxygens (including phenoxy) is 3. The van der Waals surface area contributed by atoms with E-state index >= 15 is 0 Å². The first-order chi connectivity index (χ1) is 15.0. The molecule has 6 nitrogen and oxygen atoms in total. The third-order valence-corrected chi connectivity index (χ3v) is 6.51. The zero-order valence-corrected chi connectivity index (χ0v) is 19.8. The number of nitrogens with zero attached hydrogens (tertiary/aromatic N) is 2. The fourth-order valence-corrected chi connectivity index (χ4v) is 4.75. The van der Waals surface area contributed by atoms with Gasteiger partial charge in [-0.05, 0) is 23.8 Å². The minimum absolute atomic E-state index is 0.190. The van der Waals surface area contributed by atoms with Crippen LogP contribution in [0.15, 0.2) is 36.4 Å². The molecule has 168 valence electrons. The Morgan fingerprint density at radius 2 is 1.74 bits per heavy atom. The van der Waals surface area contributed by atoms with Crippen LogP contribution in [0.25, 0.3) is 0 Å². The maximum absolute atomic E-state index is 12.6. The molecule has 3 rings (SSSR count). The first-order valence-corrected chi connectivity index (χ1v) is 11.7. The minimum Gasteiger partial charge on any atom is -0.493 e. The second-order valence-electron chi connectivity index (χ2n) is 7.27. The van der Waals surface area contributed by atoms with Gasteiger partial charge in [0.2, 0.25) is 11.7 Å². The molecule has 0 radical (unpaired) electrons. The van der Waals surface area contributed by atoms with E-state index in [2.05, 4.69) is 4.90 Å². The molecule has 1 fully saturated rings. The molecule has 2 aromatic rings. The molecule has 8 heteroatoms. The van der Waals surface area contributed by atoms with Crippen LogP contribution >= 0.6 is 23.4 Å². The Balaban J connectivity index is 1.49. The number of thioether (sulfide) groups is 1. The molecule has 31 heavy (non-hydrogen) atoms. The molecule has 0 N–H and O–H groups in total. The average molecular weight is 465 g/mol. The predicted octanol–water partition coefficient (Wildman–Crippen LogP) is 3.94. The molecule has 0 atom stereocenters. The van der Waals surface area contributed by atoms with Gasteiger partial charge in [-0.3, -0.25) is 9.69 Å². The van der Waals surface area contributed by atoms with Gasteiger partial charge < -0.3 is 19.1 Å². The van der Waals surface area contributed by atoms with E-state index in [0.717, 1.165) is 54.6 Å². The van der Waals surface area contributed by atoms with Crippen LogP contribution in [-0.2, 0) is 17.1 Å². The number of halogens is 1. The molecule has 2 aromatic carbocycles. The third-order valence-electron chi connectivity index (χ3n) is 5.29. The van der Waals surface area contributed by atoms with E-state index in [1.54, 1.807) is 33.1 Å². The Labute approximate surface area is 193 Å². The van der Waals surface area contributed by atoms with Crippen molar-refractivity contribution in [3.8, 4) is 17.2 Å². The standard InChI is InChI=1S/C23H29ClN2O4S/c1-28-20-8-7-18(22(29-2)23(20)30-3)14-25-9-11-26(12-10-25)21(27)16-31-15-17-5-4-6-19(24)13-17/h4-8,13H,9-12,14-16H2,1-3H3. The maximum atomic E-state index is 12.6. The fourth-order valence-electron chi connectivity index (χ4n) is 3.66. The number of hydrogen-bond acceptors (Lipinski definition) is 6.